The Morgan fingerprint density at radius 1 is 0.942 bits per heavy atom. The lowest BCUT2D eigenvalue weighted by atomic mass is 9.73. The van der Waals surface area contributed by atoms with Gasteiger partial charge in [-0.2, -0.15) is 0 Å². The van der Waals surface area contributed by atoms with Crippen LogP contribution in [0.3, 0.4) is 0 Å². The number of nitrogens with zero attached hydrogens (tertiary/aromatic N) is 4. The summed E-state index contributed by atoms with van der Waals surface area (Å²) < 4.78 is 11.8. The number of furan rings is 1. The smallest absolute Gasteiger partial charge is 0.263 e. The number of rotatable bonds is 6. The van der Waals surface area contributed by atoms with Crippen LogP contribution in [0.4, 0.5) is 17.2 Å². The number of aryl methyl sites for hydroxylation is 3. The molecule has 2 amide bonds. The molecule has 2 saturated heterocycles. The number of carbonyl (C=O) groups is 3. The van der Waals surface area contributed by atoms with Gasteiger partial charge < -0.3 is 29.3 Å². The molecule has 3 aromatic heterocycles. The Bertz CT molecular complexity index is 2180. The molecule has 264 valence electrons. The van der Waals surface area contributed by atoms with Crippen molar-refractivity contribution in [3.05, 3.63) is 112 Å². The molecule has 5 aromatic rings. The predicted molar refractivity (Wildman–Crippen MR) is 196 cm³/mol. The summed E-state index contributed by atoms with van der Waals surface area (Å²) in [5.41, 5.74) is 7.11. The molecule has 0 saturated carbocycles. The van der Waals surface area contributed by atoms with E-state index in [1.807, 2.05) is 37.3 Å². The third kappa shape index (κ3) is 5.78. The van der Waals surface area contributed by atoms with Gasteiger partial charge in [0.05, 0.1) is 16.9 Å². The van der Waals surface area contributed by atoms with Crippen molar-refractivity contribution in [2.75, 3.05) is 48.0 Å². The van der Waals surface area contributed by atoms with Gasteiger partial charge in [0.15, 0.2) is 11.6 Å². The van der Waals surface area contributed by atoms with Gasteiger partial charge in [0.1, 0.15) is 11.6 Å². The maximum atomic E-state index is 14.0. The Hall–Kier alpha value is -5.55. The normalized spacial score (nSPS) is 17.4. The summed E-state index contributed by atoms with van der Waals surface area (Å²) >= 11 is 0. The summed E-state index contributed by atoms with van der Waals surface area (Å²) in [6.45, 7) is 5.65. The molecule has 4 aliphatic rings. The van der Waals surface area contributed by atoms with Crippen molar-refractivity contribution in [3.63, 3.8) is 0 Å². The van der Waals surface area contributed by atoms with Gasteiger partial charge in [-0.05, 0) is 106 Å². The summed E-state index contributed by atoms with van der Waals surface area (Å²) in [6, 6.07) is 18.3. The summed E-state index contributed by atoms with van der Waals surface area (Å²) in [4.78, 5) is 57.5. The minimum atomic E-state index is -0.265. The largest absolute Gasteiger partial charge is 0.452 e. The van der Waals surface area contributed by atoms with Crippen LogP contribution in [0, 0.1) is 12.3 Å². The second-order valence-electron chi connectivity index (χ2n) is 14.6. The average Bonchev–Trinajstić information content (AvgIpc) is 3.76. The van der Waals surface area contributed by atoms with E-state index in [1.165, 1.54) is 0 Å². The minimum absolute atomic E-state index is 0.169. The molecule has 3 aliphatic heterocycles. The Morgan fingerprint density at radius 3 is 2.54 bits per heavy atom. The van der Waals surface area contributed by atoms with Gasteiger partial charge in [-0.3, -0.25) is 14.4 Å². The highest BCUT2D eigenvalue weighted by Gasteiger charge is 2.45. The first-order valence-corrected chi connectivity index (χ1v) is 18.2. The molecule has 0 bridgehead atoms. The number of para-hydroxylation sites is 1. The SMILES string of the molecule is Cc1cnc(N2CC3(CCOCC3)C2)c(C(=O)Nc2ccc(C(=O)N3CCc4cc(C(=O)c5nc6c([nH]5)CCCC6)oc4-c4ccccc43)cc2)c1. The molecule has 2 aromatic carbocycles. The number of hydrogen-bond donors (Lipinski definition) is 2. The van der Waals surface area contributed by atoms with Crippen molar-refractivity contribution < 1.29 is 23.5 Å². The van der Waals surface area contributed by atoms with Crippen LogP contribution in [-0.2, 0) is 24.0 Å². The second kappa shape index (κ2) is 12.9. The van der Waals surface area contributed by atoms with Crippen molar-refractivity contribution in [1.82, 2.24) is 15.0 Å². The fourth-order valence-electron chi connectivity index (χ4n) is 8.16. The molecule has 0 atom stereocenters. The van der Waals surface area contributed by atoms with Gasteiger partial charge >= 0.3 is 0 Å². The second-order valence-corrected chi connectivity index (χ2v) is 14.6. The third-order valence-electron chi connectivity index (χ3n) is 11.0. The first-order chi connectivity index (χ1) is 25.3. The van der Waals surface area contributed by atoms with E-state index in [0.717, 1.165) is 92.9 Å². The van der Waals surface area contributed by atoms with Crippen molar-refractivity contribution >= 4 is 34.8 Å². The lowest BCUT2D eigenvalue weighted by molar-refractivity contribution is -0.000511. The van der Waals surface area contributed by atoms with E-state index in [4.69, 9.17) is 9.15 Å². The van der Waals surface area contributed by atoms with Crippen molar-refractivity contribution in [1.29, 1.82) is 0 Å². The van der Waals surface area contributed by atoms with E-state index < -0.39 is 0 Å². The number of ether oxygens (including phenoxy) is 1. The minimum Gasteiger partial charge on any atom is -0.452 e. The Kier molecular flexibility index (Phi) is 8.03. The van der Waals surface area contributed by atoms with Gasteiger partial charge in [-0.1, -0.05) is 12.1 Å². The molecule has 0 radical (unpaired) electrons. The van der Waals surface area contributed by atoms with E-state index in [0.29, 0.717) is 52.9 Å². The Labute approximate surface area is 301 Å². The van der Waals surface area contributed by atoms with E-state index in [-0.39, 0.29) is 28.8 Å². The van der Waals surface area contributed by atoms with Crippen LogP contribution < -0.4 is 15.1 Å². The highest BCUT2D eigenvalue weighted by Crippen LogP contribution is 2.43. The molecule has 11 nitrogen and oxygen atoms in total. The van der Waals surface area contributed by atoms with Crippen LogP contribution in [0.25, 0.3) is 11.3 Å². The number of fused-ring (bicyclic) bond motifs is 4. The number of amides is 2. The van der Waals surface area contributed by atoms with Crippen molar-refractivity contribution in [3.8, 4) is 11.3 Å². The number of carbonyl (C=O) groups excluding carboxylic acids is 3. The molecule has 1 spiro atoms. The van der Waals surface area contributed by atoms with Crippen LogP contribution in [-0.4, -0.2) is 65.4 Å². The number of aromatic amines is 1. The maximum absolute atomic E-state index is 14.0. The number of pyridine rings is 1. The van der Waals surface area contributed by atoms with Gasteiger partial charge in [0.25, 0.3) is 17.6 Å². The van der Waals surface area contributed by atoms with Crippen molar-refractivity contribution in [2.45, 2.75) is 51.9 Å². The summed E-state index contributed by atoms with van der Waals surface area (Å²) in [5, 5.41) is 3.02. The van der Waals surface area contributed by atoms with Gasteiger partial charge in [0.2, 0.25) is 0 Å². The molecule has 9 rings (SSSR count). The molecule has 6 heterocycles. The fraction of sp³-hybridized carbons (Fsp3) is 0.341. The fourth-order valence-corrected chi connectivity index (χ4v) is 8.16. The topological polar surface area (TPSA) is 134 Å². The molecule has 52 heavy (non-hydrogen) atoms. The van der Waals surface area contributed by atoms with Gasteiger partial charge in [0, 0.05) is 72.5 Å². The van der Waals surface area contributed by atoms with E-state index in [2.05, 4.69) is 25.2 Å². The zero-order valence-corrected chi connectivity index (χ0v) is 29.2. The monoisotopic (exact) mass is 696 g/mol. The zero-order chi connectivity index (χ0) is 35.4. The molecule has 2 N–H and O–H groups in total. The summed E-state index contributed by atoms with van der Waals surface area (Å²) in [7, 11) is 0. The predicted octanol–water partition coefficient (Wildman–Crippen LogP) is 6.55. The number of nitrogens with one attached hydrogen (secondary N) is 2. The number of aromatic nitrogens is 3. The molecule has 11 heteroatoms. The van der Waals surface area contributed by atoms with Crippen LogP contribution >= 0.6 is 0 Å². The summed E-state index contributed by atoms with van der Waals surface area (Å²) in [5.74, 6) is 1.17. The number of H-pyrrole nitrogens is 1. The van der Waals surface area contributed by atoms with Crippen LogP contribution in [0.1, 0.15) is 85.3 Å². The van der Waals surface area contributed by atoms with Crippen LogP contribution in [0.2, 0.25) is 0 Å². The first-order valence-electron chi connectivity index (χ1n) is 18.2. The number of anilines is 3. The summed E-state index contributed by atoms with van der Waals surface area (Å²) in [6.07, 6.45) is 8.33. The van der Waals surface area contributed by atoms with Crippen LogP contribution in [0.5, 0.6) is 0 Å². The molecular weight excluding hydrogens is 656 g/mol. The standard InChI is InChI=1S/C41H40N6O5/c1-25-20-30(38(42-22-25)46-23-41(24-46)15-18-51-19-16-41)39(49)43-28-12-10-26(11-13-28)40(50)47-17-14-27-21-34(52-36(27)29-6-2-5-9-33(29)47)35(48)37-44-31-7-3-4-8-32(31)45-37/h2,5-6,9-13,20-22H,3-4,7-8,14-19,23-24H2,1H3,(H,43,49)(H,44,45). The maximum Gasteiger partial charge on any atom is 0.263 e. The van der Waals surface area contributed by atoms with Crippen molar-refractivity contribution in [2.24, 2.45) is 5.41 Å². The van der Waals surface area contributed by atoms with Gasteiger partial charge in [-0.25, -0.2) is 9.97 Å². The van der Waals surface area contributed by atoms with Crippen LogP contribution in [0.15, 0.2) is 71.3 Å². The number of hydrogen-bond acceptors (Lipinski definition) is 8. The highest BCUT2D eigenvalue weighted by atomic mass is 16.5. The molecule has 2 fully saturated rings. The number of ketones is 1. The zero-order valence-electron chi connectivity index (χ0n) is 29.2. The lowest BCUT2D eigenvalue weighted by Gasteiger charge is -2.53. The number of benzene rings is 2. The quantitative estimate of drug-likeness (QED) is 0.191. The molecule has 0 unspecified atom stereocenters. The van der Waals surface area contributed by atoms with E-state index in [1.54, 1.807) is 41.4 Å². The Morgan fingerprint density at radius 2 is 1.73 bits per heavy atom. The average molecular weight is 697 g/mol. The lowest BCUT2D eigenvalue weighted by Crippen LogP contribution is -2.59. The molecular formula is C41H40N6O5. The highest BCUT2D eigenvalue weighted by molar-refractivity contribution is 6.10. The Balaban J connectivity index is 0.911. The number of imidazole rings is 1. The van der Waals surface area contributed by atoms with Gasteiger partial charge in [-0.15, -0.1) is 0 Å². The van der Waals surface area contributed by atoms with E-state index >= 15 is 0 Å². The third-order valence-corrected chi connectivity index (χ3v) is 11.0. The first kappa shape index (κ1) is 32.4. The molecule has 1 aliphatic carbocycles. The van der Waals surface area contributed by atoms with E-state index in [9.17, 15) is 14.4 Å².